The summed E-state index contributed by atoms with van der Waals surface area (Å²) in [6.07, 6.45) is 0. The van der Waals surface area contributed by atoms with Gasteiger partial charge >= 0.3 is 0 Å². The van der Waals surface area contributed by atoms with Crippen molar-refractivity contribution in [1.29, 1.82) is 0 Å². The summed E-state index contributed by atoms with van der Waals surface area (Å²) in [4.78, 5) is 29.0. The number of rotatable bonds is 4. The summed E-state index contributed by atoms with van der Waals surface area (Å²) in [5, 5.41) is 8.28. The Balaban J connectivity index is 1.66. The molecule has 0 saturated carbocycles. The number of amides is 2. The minimum absolute atomic E-state index is 0.265. The Morgan fingerprint density at radius 2 is 2.13 bits per heavy atom. The third kappa shape index (κ3) is 3.69. The van der Waals surface area contributed by atoms with Gasteiger partial charge in [0.25, 0.3) is 5.91 Å². The van der Waals surface area contributed by atoms with Gasteiger partial charge in [-0.2, -0.15) is 0 Å². The molecule has 0 bridgehead atoms. The Hall–Kier alpha value is -1.96. The Morgan fingerprint density at radius 1 is 1.30 bits per heavy atom. The smallest absolute Gasteiger partial charge is 0.261 e. The zero-order chi connectivity index (χ0) is 16.4. The Labute approximate surface area is 145 Å². The Morgan fingerprint density at radius 3 is 2.87 bits per heavy atom. The largest absolute Gasteiger partial charge is 0.340 e. The highest BCUT2D eigenvalue weighted by Gasteiger charge is 2.18. The van der Waals surface area contributed by atoms with Gasteiger partial charge in [-0.3, -0.25) is 9.59 Å². The van der Waals surface area contributed by atoms with Gasteiger partial charge in [-0.25, -0.2) is 4.98 Å². The molecule has 5 nitrogen and oxygen atoms in total. The van der Waals surface area contributed by atoms with Crippen molar-refractivity contribution in [2.24, 2.45) is 0 Å². The molecule has 23 heavy (non-hydrogen) atoms. The van der Waals surface area contributed by atoms with E-state index in [0.29, 0.717) is 15.0 Å². The maximum absolute atomic E-state index is 12.2. The van der Waals surface area contributed by atoms with Crippen LogP contribution in [0.25, 0.3) is 10.2 Å². The number of fused-ring (bicyclic) bond motifs is 1. The predicted octanol–water partition coefficient (Wildman–Crippen LogP) is 3.77. The molecule has 0 saturated heterocycles. The second kappa shape index (κ2) is 6.66. The van der Waals surface area contributed by atoms with E-state index in [4.69, 9.17) is 11.6 Å². The summed E-state index contributed by atoms with van der Waals surface area (Å²) in [5.74, 6) is -0.584. The molecule has 3 rings (SSSR count). The first kappa shape index (κ1) is 15.9. The molecular formula is C15H12ClN3O2S2. The van der Waals surface area contributed by atoms with E-state index in [9.17, 15) is 9.59 Å². The van der Waals surface area contributed by atoms with Crippen LogP contribution in [0.1, 0.15) is 16.6 Å². The fraction of sp³-hybridized carbons (Fsp3) is 0.133. The lowest BCUT2D eigenvalue weighted by Crippen LogP contribution is -2.41. The van der Waals surface area contributed by atoms with Crippen LogP contribution in [0.3, 0.4) is 0 Å². The molecular weight excluding hydrogens is 354 g/mol. The van der Waals surface area contributed by atoms with Gasteiger partial charge < -0.3 is 10.6 Å². The van der Waals surface area contributed by atoms with E-state index in [1.54, 1.807) is 37.3 Å². The van der Waals surface area contributed by atoms with Crippen molar-refractivity contribution < 1.29 is 9.59 Å². The molecule has 2 N–H and O–H groups in total. The minimum atomic E-state index is -0.666. The molecule has 0 unspecified atom stereocenters. The van der Waals surface area contributed by atoms with Gasteiger partial charge in [0, 0.05) is 5.02 Å². The number of anilines is 1. The molecule has 1 atom stereocenters. The number of thiophene rings is 1. The number of hydrogen-bond donors (Lipinski definition) is 2. The van der Waals surface area contributed by atoms with Gasteiger partial charge in [-0.1, -0.05) is 29.0 Å². The molecule has 0 fully saturated rings. The number of nitrogens with one attached hydrogen (secondary N) is 2. The van der Waals surface area contributed by atoms with E-state index in [-0.39, 0.29) is 11.8 Å². The van der Waals surface area contributed by atoms with Gasteiger partial charge in [-0.15, -0.1) is 11.3 Å². The zero-order valence-corrected chi connectivity index (χ0v) is 14.4. The lowest BCUT2D eigenvalue weighted by atomic mass is 10.3. The van der Waals surface area contributed by atoms with Crippen molar-refractivity contribution in [3.05, 3.63) is 45.6 Å². The molecule has 0 spiro atoms. The normalized spacial score (nSPS) is 12.1. The zero-order valence-electron chi connectivity index (χ0n) is 12.0. The quantitative estimate of drug-likeness (QED) is 0.739. The van der Waals surface area contributed by atoms with Crippen LogP contribution < -0.4 is 10.6 Å². The van der Waals surface area contributed by atoms with Crippen LogP contribution >= 0.6 is 34.3 Å². The molecule has 2 aromatic heterocycles. The van der Waals surface area contributed by atoms with Gasteiger partial charge in [0.1, 0.15) is 6.04 Å². The van der Waals surface area contributed by atoms with Crippen molar-refractivity contribution in [3.63, 3.8) is 0 Å². The van der Waals surface area contributed by atoms with Crippen molar-refractivity contribution in [2.75, 3.05) is 5.32 Å². The first-order valence-electron chi connectivity index (χ1n) is 6.74. The van der Waals surface area contributed by atoms with Crippen LogP contribution in [0, 0.1) is 0 Å². The minimum Gasteiger partial charge on any atom is -0.340 e. The van der Waals surface area contributed by atoms with Gasteiger partial charge in [-0.05, 0) is 36.6 Å². The number of carbonyl (C=O) groups excluding carboxylic acids is 2. The fourth-order valence-corrected chi connectivity index (χ4v) is 3.68. The van der Waals surface area contributed by atoms with Crippen molar-refractivity contribution in [1.82, 2.24) is 10.3 Å². The van der Waals surface area contributed by atoms with Gasteiger partial charge in [0.2, 0.25) is 5.91 Å². The molecule has 8 heteroatoms. The van der Waals surface area contributed by atoms with Crippen LogP contribution in [0.4, 0.5) is 5.13 Å². The van der Waals surface area contributed by atoms with Crippen molar-refractivity contribution >= 4 is 61.4 Å². The van der Waals surface area contributed by atoms with Crippen LogP contribution in [-0.4, -0.2) is 22.8 Å². The average molecular weight is 366 g/mol. The molecule has 0 aliphatic rings. The summed E-state index contributed by atoms with van der Waals surface area (Å²) in [7, 11) is 0. The molecule has 2 amide bonds. The van der Waals surface area contributed by atoms with Gasteiger partial charge in [0.15, 0.2) is 5.13 Å². The lowest BCUT2D eigenvalue weighted by molar-refractivity contribution is -0.117. The summed E-state index contributed by atoms with van der Waals surface area (Å²) < 4.78 is 0.892. The number of aromatic nitrogens is 1. The summed E-state index contributed by atoms with van der Waals surface area (Å²) in [5.41, 5.74) is 0.768. The average Bonchev–Trinajstić information content (AvgIpc) is 3.15. The highest BCUT2D eigenvalue weighted by atomic mass is 35.5. The SMILES string of the molecule is C[C@H](NC(=O)c1cccs1)C(=O)Nc1nc2ccc(Cl)cc2s1. The summed E-state index contributed by atoms with van der Waals surface area (Å²) in [6.45, 7) is 1.63. The molecule has 118 valence electrons. The third-order valence-corrected chi connectivity index (χ3v) is 5.10. The van der Waals surface area contributed by atoms with E-state index in [1.165, 1.54) is 22.7 Å². The molecule has 0 aliphatic heterocycles. The topological polar surface area (TPSA) is 71.1 Å². The maximum atomic E-state index is 12.2. The number of halogens is 1. The first-order chi connectivity index (χ1) is 11.0. The van der Waals surface area contributed by atoms with E-state index >= 15 is 0 Å². The Bertz CT molecular complexity index is 861. The lowest BCUT2D eigenvalue weighted by Gasteiger charge is -2.12. The van der Waals surface area contributed by atoms with Crippen LogP contribution in [0.15, 0.2) is 35.7 Å². The summed E-state index contributed by atoms with van der Waals surface area (Å²) >= 11 is 8.60. The maximum Gasteiger partial charge on any atom is 0.261 e. The Kier molecular flexibility index (Phi) is 4.61. The third-order valence-electron chi connectivity index (χ3n) is 3.07. The highest BCUT2D eigenvalue weighted by Crippen LogP contribution is 2.28. The number of carbonyl (C=O) groups is 2. The highest BCUT2D eigenvalue weighted by molar-refractivity contribution is 7.22. The number of benzene rings is 1. The van der Waals surface area contributed by atoms with Crippen LogP contribution in [0.5, 0.6) is 0 Å². The molecule has 3 aromatic rings. The van der Waals surface area contributed by atoms with Crippen molar-refractivity contribution in [2.45, 2.75) is 13.0 Å². The van der Waals surface area contributed by atoms with E-state index in [0.717, 1.165) is 10.2 Å². The molecule has 0 radical (unpaired) electrons. The number of hydrogen-bond acceptors (Lipinski definition) is 5. The summed E-state index contributed by atoms with van der Waals surface area (Å²) in [6, 6.07) is 8.18. The first-order valence-corrected chi connectivity index (χ1v) is 8.81. The molecule has 1 aromatic carbocycles. The van der Waals surface area contributed by atoms with Crippen LogP contribution in [0.2, 0.25) is 5.02 Å². The molecule has 0 aliphatic carbocycles. The van der Waals surface area contributed by atoms with Crippen LogP contribution in [-0.2, 0) is 4.79 Å². The number of nitrogens with zero attached hydrogens (tertiary/aromatic N) is 1. The second-order valence-corrected chi connectivity index (χ2v) is 7.21. The van der Waals surface area contributed by atoms with E-state index in [1.807, 2.05) is 5.38 Å². The second-order valence-electron chi connectivity index (χ2n) is 4.79. The van der Waals surface area contributed by atoms with Crippen molar-refractivity contribution in [3.8, 4) is 0 Å². The predicted molar refractivity (Wildman–Crippen MR) is 94.5 cm³/mol. The fourth-order valence-electron chi connectivity index (χ4n) is 1.91. The monoisotopic (exact) mass is 365 g/mol. The van der Waals surface area contributed by atoms with Gasteiger partial charge in [0.05, 0.1) is 15.1 Å². The molecule has 2 heterocycles. The number of thiazole rings is 1. The standard InChI is InChI=1S/C15H12ClN3O2S2/c1-8(17-14(21)11-3-2-6-22-11)13(20)19-15-18-10-5-4-9(16)7-12(10)23-15/h2-8H,1H3,(H,17,21)(H,18,19,20)/t8-/m0/s1. The van der Waals surface area contributed by atoms with E-state index in [2.05, 4.69) is 15.6 Å². The van der Waals surface area contributed by atoms with E-state index < -0.39 is 6.04 Å².